The fourth-order valence-corrected chi connectivity index (χ4v) is 2.83. The van der Waals surface area contributed by atoms with Crippen LogP contribution in [0.15, 0.2) is 24.3 Å². The second-order valence-corrected chi connectivity index (χ2v) is 6.21. The van der Waals surface area contributed by atoms with Crippen LogP contribution in [-0.2, 0) is 11.2 Å². The lowest BCUT2D eigenvalue weighted by Gasteiger charge is -2.40. The maximum Gasteiger partial charge on any atom is 0.251 e. The number of rotatable bonds is 6. The summed E-state index contributed by atoms with van der Waals surface area (Å²) in [5.41, 5.74) is 1.67. The number of hydrogen-bond acceptors (Lipinski definition) is 3. The van der Waals surface area contributed by atoms with Crippen molar-refractivity contribution in [3.63, 3.8) is 0 Å². The summed E-state index contributed by atoms with van der Waals surface area (Å²) < 4.78 is 0. The highest BCUT2D eigenvalue weighted by Crippen LogP contribution is 2.18. The van der Waals surface area contributed by atoms with Gasteiger partial charge in [0.05, 0.1) is 0 Å². The van der Waals surface area contributed by atoms with Crippen molar-refractivity contribution in [3.8, 4) is 0 Å². The fourth-order valence-electron chi connectivity index (χ4n) is 2.83. The van der Waals surface area contributed by atoms with E-state index in [-0.39, 0.29) is 11.8 Å². The Labute approximate surface area is 132 Å². The van der Waals surface area contributed by atoms with Crippen LogP contribution in [0.25, 0.3) is 0 Å². The van der Waals surface area contributed by atoms with Gasteiger partial charge in [0.15, 0.2) is 0 Å². The molecule has 22 heavy (non-hydrogen) atoms. The smallest absolute Gasteiger partial charge is 0.251 e. The minimum absolute atomic E-state index is 0.0950. The number of carbonyl (C=O) groups is 2. The molecule has 1 saturated heterocycles. The van der Waals surface area contributed by atoms with Crippen LogP contribution in [0.1, 0.15) is 22.3 Å². The quantitative estimate of drug-likeness (QED) is 0.853. The number of amides is 2. The molecular weight excluding hydrogens is 278 g/mol. The van der Waals surface area contributed by atoms with E-state index in [2.05, 4.69) is 24.3 Å². The monoisotopic (exact) mass is 303 g/mol. The number of likely N-dealkylation sites (tertiary alicyclic amines) is 1. The lowest BCUT2D eigenvalue weighted by atomic mass is 9.98. The maximum atomic E-state index is 12.1. The zero-order valence-electron chi connectivity index (χ0n) is 13.6. The molecule has 1 aromatic rings. The van der Waals surface area contributed by atoms with Crippen molar-refractivity contribution in [2.45, 2.75) is 12.8 Å². The van der Waals surface area contributed by atoms with Gasteiger partial charge < -0.3 is 15.1 Å². The number of nitrogens with zero attached hydrogens (tertiary/aromatic N) is 2. The number of nitrogens with one attached hydrogen (secondary N) is 1. The van der Waals surface area contributed by atoms with E-state index in [4.69, 9.17) is 0 Å². The van der Waals surface area contributed by atoms with Crippen molar-refractivity contribution < 1.29 is 9.59 Å². The van der Waals surface area contributed by atoms with Crippen LogP contribution in [0.3, 0.4) is 0 Å². The molecule has 1 aliphatic rings. The molecule has 2 rings (SSSR count). The molecule has 1 aromatic carbocycles. The Morgan fingerprint density at radius 1 is 1.32 bits per heavy atom. The molecule has 0 atom stereocenters. The molecule has 1 N–H and O–H groups in total. The van der Waals surface area contributed by atoms with Crippen LogP contribution in [0.2, 0.25) is 0 Å². The van der Waals surface area contributed by atoms with Crippen LogP contribution in [0.4, 0.5) is 0 Å². The summed E-state index contributed by atoms with van der Waals surface area (Å²) in [5, 5.41) is 2.61. The van der Waals surface area contributed by atoms with Crippen LogP contribution >= 0.6 is 0 Å². The van der Waals surface area contributed by atoms with Gasteiger partial charge in [-0.15, -0.1) is 0 Å². The van der Waals surface area contributed by atoms with Crippen molar-refractivity contribution in [1.82, 2.24) is 15.1 Å². The molecule has 1 fully saturated rings. The van der Waals surface area contributed by atoms with Gasteiger partial charge in [-0.25, -0.2) is 0 Å². The van der Waals surface area contributed by atoms with Crippen molar-refractivity contribution in [1.29, 1.82) is 0 Å². The second-order valence-electron chi connectivity index (χ2n) is 6.21. The molecule has 1 heterocycles. The van der Waals surface area contributed by atoms with E-state index in [1.807, 2.05) is 23.1 Å². The molecule has 0 bridgehead atoms. The number of aryl methyl sites for hydroxylation is 1. The molecule has 5 heteroatoms. The predicted octanol–water partition coefficient (Wildman–Crippen LogP) is 0.999. The zero-order chi connectivity index (χ0) is 16.1. The van der Waals surface area contributed by atoms with E-state index in [0.29, 0.717) is 24.3 Å². The SMILES string of the molecule is CNC(=O)c1cccc(CCC(=O)N2CC(CN(C)C)C2)c1. The Morgan fingerprint density at radius 2 is 2.05 bits per heavy atom. The van der Waals surface area contributed by atoms with Gasteiger partial charge in [0.1, 0.15) is 0 Å². The van der Waals surface area contributed by atoms with Crippen LogP contribution in [0, 0.1) is 5.92 Å². The van der Waals surface area contributed by atoms with Crippen LogP contribution in [0.5, 0.6) is 0 Å². The first-order valence-corrected chi connectivity index (χ1v) is 7.73. The van der Waals surface area contributed by atoms with Crippen LogP contribution in [-0.4, -0.2) is 62.4 Å². The van der Waals surface area contributed by atoms with Crippen LogP contribution < -0.4 is 5.32 Å². The summed E-state index contributed by atoms with van der Waals surface area (Å²) in [7, 11) is 5.74. The van der Waals surface area contributed by atoms with Crippen molar-refractivity contribution in [3.05, 3.63) is 35.4 Å². The van der Waals surface area contributed by atoms with Gasteiger partial charge >= 0.3 is 0 Å². The van der Waals surface area contributed by atoms with Gasteiger partial charge in [-0.1, -0.05) is 12.1 Å². The minimum atomic E-state index is -0.0950. The number of benzene rings is 1. The Balaban J connectivity index is 1.79. The molecule has 0 aliphatic carbocycles. The molecule has 2 amide bonds. The first kappa shape index (κ1) is 16.5. The molecule has 5 nitrogen and oxygen atoms in total. The normalized spacial score (nSPS) is 14.8. The molecule has 0 saturated carbocycles. The van der Waals surface area contributed by atoms with Gasteiger partial charge in [0.25, 0.3) is 5.91 Å². The molecule has 0 spiro atoms. The van der Waals surface area contributed by atoms with Gasteiger partial charge in [-0.05, 0) is 38.2 Å². The third-order valence-corrected chi connectivity index (χ3v) is 3.98. The average Bonchev–Trinajstić information content (AvgIpc) is 2.47. The minimum Gasteiger partial charge on any atom is -0.355 e. The summed E-state index contributed by atoms with van der Waals surface area (Å²) in [6.45, 7) is 2.78. The Bertz CT molecular complexity index is 536. The molecule has 120 valence electrons. The van der Waals surface area contributed by atoms with Gasteiger partial charge in [-0.3, -0.25) is 9.59 Å². The number of carbonyl (C=O) groups excluding carboxylic acids is 2. The first-order chi connectivity index (χ1) is 10.5. The van der Waals surface area contributed by atoms with E-state index in [1.165, 1.54) is 0 Å². The Hall–Kier alpha value is -1.88. The van der Waals surface area contributed by atoms with Gasteiger partial charge in [-0.2, -0.15) is 0 Å². The topological polar surface area (TPSA) is 52.7 Å². The Kier molecular flexibility index (Phi) is 5.55. The highest BCUT2D eigenvalue weighted by atomic mass is 16.2. The van der Waals surface area contributed by atoms with Gasteiger partial charge in [0.2, 0.25) is 5.91 Å². The lowest BCUT2D eigenvalue weighted by Crippen LogP contribution is -2.53. The summed E-state index contributed by atoms with van der Waals surface area (Å²) in [6, 6.07) is 7.47. The standard InChI is InChI=1S/C17H25N3O2/c1-18-17(22)15-6-4-5-13(9-15)7-8-16(21)20-11-14(12-20)10-19(2)3/h4-6,9,14H,7-8,10-12H2,1-3H3,(H,18,22). The molecular formula is C17H25N3O2. The second kappa shape index (κ2) is 7.40. The summed E-state index contributed by atoms with van der Waals surface area (Å²) >= 11 is 0. The van der Waals surface area contributed by atoms with E-state index in [9.17, 15) is 9.59 Å². The van der Waals surface area contributed by atoms with Crippen molar-refractivity contribution in [2.24, 2.45) is 5.92 Å². The number of hydrogen-bond donors (Lipinski definition) is 1. The predicted molar refractivity (Wildman–Crippen MR) is 86.8 cm³/mol. The summed E-state index contributed by atoms with van der Waals surface area (Å²) in [4.78, 5) is 27.8. The summed E-state index contributed by atoms with van der Waals surface area (Å²) in [5.74, 6) is 0.721. The third-order valence-electron chi connectivity index (χ3n) is 3.98. The van der Waals surface area contributed by atoms with E-state index in [0.717, 1.165) is 25.2 Å². The Morgan fingerprint density at radius 3 is 2.68 bits per heavy atom. The van der Waals surface area contributed by atoms with E-state index >= 15 is 0 Å². The first-order valence-electron chi connectivity index (χ1n) is 7.73. The molecule has 0 unspecified atom stereocenters. The van der Waals surface area contributed by atoms with Crippen molar-refractivity contribution in [2.75, 3.05) is 40.8 Å². The zero-order valence-corrected chi connectivity index (χ0v) is 13.6. The lowest BCUT2D eigenvalue weighted by molar-refractivity contribution is -0.137. The highest BCUT2D eigenvalue weighted by Gasteiger charge is 2.30. The highest BCUT2D eigenvalue weighted by molar-refractivity contribution is 5.94. The fraction of sp³-hybridized carbons (Fsp3) is 0.529. The van der Waals surface area contributed by atoms with E-state index < -0.39 is 0 Å². The molecule has 0 aromatic heterocycles. The molecule has 0 radical (unpaired) electrons. The summed E-state index contributed by atoms with van der Waals surface area (Å²) in [6.07, 6.45) is 1.18. The maximum absolute atomic E-state index is 12.1. The third kappa shape index (κ3) is 4.31. The molecule has 1 aliphatic heterocycles. The van der Waals surface area contributed by atoms with Crippen molar-refractivity contribution >= 4 is 11.8 Å². The average molecular weight is 303 g/mol. The van der Waals surface area contributed by atoms with E-state index in [1.54, 1.807) is 13.1 Å². The van der Waals surface area contributed by atoms with Gasteiger partial charge in [0, 0.05) is 44.6 Å². The largest absolute Gasteiger partial charge is 0.355 e.